The maximum atomic E-state index is 6.69. The Morgan fingerprint density at radius 3 is 1.20 bits per heavy atom. The van der Waals surface area contributed by atoms with Crippen molar-refractivity contribution in [3.63, 3.8) is 0 Å². The topological polar surface area (TPSA) is 46.2 Å². The van der Waals surface area contributed by atoms with Crippen molar-refractivity contribution in [2.24, 2.45) is 0 Å². The Kier molecular flexibility index (Phi) is 11.9. The highest BCUT2D eigenvalue weighted by Gasteiger charge is 2.37. The van der Waals surface area contributed by atoms with Gasteiger partial charge < -0.3 is 23.7 Å². The SMILES string of the molecule is CC(C)OCCOCCOCCOCCOC(c1ccccc1)(c1ccccc1)c1ccccc1. The van der Waals surface area contributed by atoms with Gasteiger partial charge in [0.1, 0.15) is 5.60 Å². The summed E-state index contributed by atoms with van der Waals surface area (Å²) in [6.07, 6.45) is 0.231. The summed E-state index contributed by atoms with van der Waals surface area (Å²) in [7, 11) is 0. The van der Waals surface area contributed by atoms with Gasteiger partial charge in [-0.15, -0.1) is 0 Å². The molecule has 0 heterocycles. The summed E-state index contributed by atoms with van der Waals surface area (Å²) < 4.78 is 29.0. The molecule has 0 fully saturated rings. The third-order valence-electron chi connectivity index (χ3n) is 5.51. The van der Waals surface area contributed by atoms with E-state index in [0.29, 0.717) is 52.9 Å². The molecule has 3 aromatic rings. The third kappa shape index (κ3) is 8.57. The molecular weight excluding hydrogens is 440 g/mol. The van der Waals surface area contributed by atoms with Crippen LogP contribution in [0.15, 0.2) is 91.0 Å². The van der Waals surface area contributed by atoms with Gasteiger partial charge in [0.05, 0.1) is 59.0 Å². The molecule has 0 atom stereocenters. The van der Waals surface area contributed by atoms with Gasteiger partial charge in [0.15, 0.2) is 0 Å². The summed E-state index contributed by atoms with van der Waals surface area (Å²) in [5.41, 5.74) is 2.53. The lowest BCUT2D eigenvalue weighted by atomic mass is 9.80. The predicted octanol–water partition coefficient (Wildman–Crippen LogP) is 5.47. The van der Waals surface area contributed by atoms with Gasteiger partial charge in [-0.1, -0.05) is 91.0 Å². The first-order valence-electron chi connectivity index (χ1n) is 12.4. The van der Waals surface area contributed by atoms with Crippen LogP contribution < -0.4 is 0 Å². The molecule has 35 heavy (non-hydrogen) atoms. The molecule has 0 saturated carbocycles. The minimum absolute atomic E-state index is 0.231. The Morgan fingerprint density at radius 2 is 0.829 bits per heavy atom. The van der Waals surface area contributed by atoms with Gasteiger partial charge in [-0.25, -0.2) is 0 Å². The second-order valence-electron chi connectivity index (χ2n) is 8.38. The zero-order chi connectivity index (χ0) is 24.6. The van der Waals surface area contributed by atoms with E-state index in [0.717, 1.165) is 16.7 Å². The van der Waals surface area contributed by atoms with Gasteiger partial charge in [0.25, 0.3) is 0 Å². The largest absolute Gasteiger partial charge is 0.377 e. The second kappa shape index (κ2) is 15.5. The second-order valence-corrected chi connectivity index (χ2v) is 8.38. The van der Waals surface area contributed by atoms with Crippen molar-refractivity contribution in [2.45, 2.75) is 25.6 Å². The van der Waals surface area contributed by atoms with Gasteiger partial charge >= 0.3 is 0 Å². The highest BCUT2D eigenvalue weighted by Crippen LogP contribution is 2.40. The Hall–Kier alpha value is -2.54. The van der Waals surface area contributed by atoms with E-state index in [-0.39, 0.29) is 6.10 Å². The van der Waals surface area contributed by atoms with Crippen LogP contribution in [-0.4, -0.2) is 59.0 Å². The van der Waals surface area contributed by atoms with E-state index in [1.165, 1.54) is 0 Å². The van der Waals surface area contributed by atoms with Crippen molar-refractivity contribution in [3.8, 4) is 0 Å². The van der Waals surface area contributed by atoms with Crippen molar-refractivity contribution in [3.05, 3.63) is 108 Å². The summed E-state index contributed by atoms with van der Waals surface area (Å²) in [6.45, 7) is 8.26. The van der Waals surface area contributed by atoms with Crippen LogP contribution in [0.25, 0.3) is 0 Å². The minimum atomic E-state index is -0.722. The Bertz CT molecular complexity index is 819. The van der Waals surface area contributed by atoms with E-state index in [9.17, 15) is 0 Å². The summed E-state index contributed by atoms with van der Waals surface area (Å²) in [5, 5.41) is 0. The van der Waals surface area contributed by atoms with Gasteiger partial charge in [0, 0.05) is 0 Å². The van der Waals surface area contributed by atoms with Crippen molar-refractivity contribution < 1.29 is 23.7 Å². The standard InChI is InChI=1S/C30H38O5/c1-26(2)34-24-22-32-20-18-31-19-21-33-23-25-35-30(27-12-6-3-7-13-27,28-14-8-4-9-15-28)29-16-10-5-11-17-29/h3-17,26H,18-25H2,1-2H3. The van der Waals surface area contributed by atoms with E-state index < -0.39 is 5.60 Å². The van der Waals surface area contributed by atoms with E-state index in [1.54, 1.807) is 0 Å². The quantitative estimate of drug-likeness (QED) is 0.190. The average Bonchev–Trinajstić information content (AvgIpc) is 2.90. The minimum Gasteiger partial charge on any atom is -0.377 e. The van der Waals surface area contributed by atoms with Crippen LogP contribution in [-0.2, 0) is 29.3 Å². The van der Waals surface area contributed by atoms with Crippen LogP contribution in [0.5, 0.6) is 0 Å². The van der Waals surface area contributed by atoms with Crippen molar-refractivity contribution in [2.75, 3.05) is 52.9 Å². The average molecular weight is 479 g/mol. The van der Waals surface area contributed by atoms with Gasteiger partial charge in [-0.05, 0) is 30.5 Å². The summed E-state index contributed by atoms with van der Waals surface area (Å²) >= 11 is 0. The fraction of sp³-hybridized carbons (Fsp3) is 0.400. The number of benzene rings is 3. The number of hydrogen-bond donors (Lipinski definition) is 0. The first-order chi connectivity index (χ1) is 17.2. The monoisotopic (exact) mass is 478 g/mol. The molecule has 0 spiro atoms. The Morgan fingerprint density at radius 1 is 0.486 bits per heavy atom. The van der Waals surface area contributed by atoms with Gasteiger partial charge in [-0.2, -0.15) is 0 Å². The molecule has 0 aliphatic rings. The van der Waals surface area contributed by atoms with Crippen LogP contribution >= 0.6 is 0 Å². The number of hydrogen-bond acceptors (Lipinski definition) is 5. The van der Waals surface area contributed by atoms with Gasteiger partial charge in [-0.3, -0.25) is 0 Å². The van der Waals surface area contributed by atoms with Gasteiger partial charge in [0.2, 0.25) is 0 Å². The first-order valence-corrected chi connectivity index (χ1v) is 12.4. The van der Waals surface area contributed by atoms with E-state index >= 15 is 0 Å². The maximum absolute atomic E-state index is 6.69. The molecule has 0 saturated heterocycles. The molecule has 0 aromatic heterocycles. The molecule has 0 aliphatic carbocycles. The molecule has 188 valence electrons. The Balaban J connectivity index is 1.50. The van der Waals surface area contributed by atoms with Crippen LogP contribution in [0.1, 0.15) is 30.5 Å². The molecule has 0 N–H and O–H groups in total. The molecule has 3 aromatic carbocycles. The number of rotatable bonds is 17. The summed E-state index contributed by atoms with van der Waals surface area (Å²) in [4.78, 5) is 0. The van der Waals surface area contributed by atoms with Crippen LogP contribution in [0.3, 0.4) is 0 Å². The predicted molar refractivity (Wildman–Crippen MR) is 139 cm³/mol. The molecule has 5 heteroatoms. The lowest BCUT2D eigenvalue weighted by Crippen LogP contribution is -2.34. The molecule has 0 radical (unpaired) electrons. The lowest BCUT2D eigenvalue weighted by molar-refractivity contribution is -0.0394. The fourth-order valence-corrected chi connectivity index (χ4v) is 3.91. The van der Waals surface area contributed by atoms with E-state index in [1.807, 2.05) is 68.4 Å². The molecule has 3 rings (SSSR count). The number of ether oxygens (including phenoxy) is 5. The fourth-order valence-electron chi connectivity index (χ4n) is 3.91. The molecule has 5 nitrogen and oxygen atoms in total. The zero-order valence-electron chi connectivity index (χ0n) is 20.9. The summed E-state index contributed by atoms with van der Waals surface area (Å²) in [6, 6.07) is 31.1. The normalized spacial score (nSPS) is 11.7. The zero-order valence-corrected chi connectivity index (χ0v) is 20.9. The maximum Gasteiger partial charge on any atom is 0.143 e. The van der Waals surface area contributed by atoms with E-state index in [2.05, 4.69) is 36.4 Å². The summed E-state index contributed by atoms with van der Waals surface area (Å²) in [5.74, 6) is 0. The molecule has 0 amide bonds. The highest BCUT2D eigenvalue weighted by molar-refractivity contribution is 5.47. The molecule has 0 bridgehead atoms. The molecule has 0 aliphatic heterocycles. The third-order valence-corrected chi connectivity index (χ3v) is 5.51. The van der Waals surface area contributed by atoms with Crippen molar-refractivity contribution in [1.82, 2.24) is 0 Å². The smallest absolute Gasteiger partial charge is 0.143 e. The molecule has 0 unspecified atom stereocenters. The van der Waals surface area contributed by atoms with Crippen molar-refractivity contribution in [1.29, 1.82) is 0 Å². The van der Waals surface area contributed by atoms with Crippen LogP contribution in [0.2, 0.25) is 0 Å². The van der Waals surface area contributed by atoms with E-state index in [4.69, 9.17) is 23.7 Å². The molecular formula is C30H38O5. The van der Waals surface area contributed by atoms with Crippen LogP contribution in [0, 0.1) is 0 Å². The van der Waals surface area contributed by atoms with Crippen molar-refractivity contribution >= 4 is 0 Å². The highest BCUT2D eigenvalue weighted by atomic mass is 16.6. The lowest BCUT2D eigenvalue weighted by Gasteiger charge is -2.36. The van der Waals surface area contributed by atoms with Crippen LogP contribution in [0.4, 0.5) is 0 Å². The first kappa shape index (κ1) is 27.1. The Labute approximate surface area is 209 Å².